The number of rotatable bonds is 6. The predicted molar refractivity (Wildman–Crippen MR) is 82.9 cm³/mol. The molecule has 0 bridgehead atoms. The van der Waals surface area contributed by atoms with Gasteiger partial charge in [0.05, 0.1) is 6.26 Å². The Bertz CT molecular complexity index is 707. The fourth-order valence-corrected chi connectivity index (χ4v) is 2.43. The summed E-state index contributed by atoms with van der Waals surface area (Å²) in [6.45, 7) is 0.352. The molecular weight excluding hydrogens is 286 g/mol. The summed E-state index contributed by atoms with van der Waals surface area (Å²) in [5.74, 6) is -0.0172. The minimum absolute atomic E-state index is 0.0172. The third kappa shape index (κ3) is 4.81. The summed E-state index contributed by atoms with van der Waals surface area (Å²) in [6.07, 6.45) is 1.72. The Morgan fingerprint density at radius 1 is 0.952 bits per heavy atom. The molecule has 0 aliphatic rings. The molecule has 1 N–H and O–H groups in total. The molecule has 0 spiro atoms. The van der Waals surface area contributed by atoms with Crippen LogP contribution in [0.1, 0.15) is 21.5 Å². The van der Waals surface area contributed by atoms with Gasteiger partial charge in [0.1, 0.15) is 0 Å². The van der Waals surface area contributed by atoms with Gasteiger partial charge in [-0.25, -0.2) is 13.1 Å². The lowest BCUT2D eigenvalue weighted by molar-refractivity contribution is 0.103. The zero-order valence-electron chi connectivity index (χ0n) is 11.7. The molecular formula is C16H17NO3S. The summed E-state index contributed by atoms with van der Waals surface area (Å²) in [5.41, 5.74) is 2.26. The van der Waals surface area contributed by atoms with Crippen molar-refractivity contribution >= 4 is 15.8 Å². The molecule has 0 atom stereocenters. The molecule has 0 aliphatic carbocycles. The fraction of sp³-hybridized carbons (Fsp3) is 0.188. The average Bonchev–Trinajstić information content (AvgIpc) is 2.47. The van der Waals surface area contributed by atoms with E-state index in [1.54, 1.807) is 24.3 Å². The highest BCUT2D eigenvalue weighted by Gasteiger charge is 2.08. The van der Waals surface area contributed by atoms with Gasteiger partial charge < -0.3 is 0 Å². The number of ketones is 1. The van der Waals surface area contributed by atoms with Crippen LogP contribution < -0.4 is 4.72 Å². The number of carbonyl (C=O) groups is 1. The van der Waals surface area contributed by atoms with Crippen molar-refractivity contribution in [3.8, 4) is 0 Å². The summed E-state index contributed by atoms with van der Waals surface area (Å²) in [4.78, 5) is 12.2. The standard InChI is InChI=1S/C16H17NO3S/c1-21(19,20)17-12-11-13-7-9-15(10-8-13)16(18)14-5-3-2-4-6-14/h2-10,17H,11-12H2,1H3. The SMILES string of the molecule is CS(=O)(=O)NCCc1ccc(C(=O)c2ccccc2)cc1. The molecule has 110 valence electrons. The molecule has 0 fully saturated rings. The van der Waals surface area contributed by atoms with E-state index in [9.17, 15) is 13.2 Å². The Kier molecular flexibility index (Phi) is 4.88. The van der Waals surface area contributed by atoms with Crippen molar-refractivity contribution in [1.29, 1.82) is 0 Å². The molecule has 0 aliphatic heterocycles. The normalized spacial score (nSPS) is 11.3. The van der Waals surface area contributed by atoms with E-state index in [0.717, 1.165) is 11.8 Å². The Balaban J connectivity index is 2.01. The first-order valence-corrected chi connectivity index (χ1v) is 8.48. The fourth-order valence-electron chi connectivity index (χ4n) is 1.96. The third-order valence-corrected chi connectivity index (χ3v) is 3.76. The number of sulfonamides is 1. The quantitative estimate of drug-likeness (QED) is 0.830. The third-order valence-electron chi connectivity index (χ3n) is 3.03. The molecule has 0 saturated carbocycles. The van der Waals surface area contributed by atoms with Crippen LogP contribution in [0.5, 0.6) is 0 Å². The van der Waals surface area contributed by atoms with E-state index in [1.165, 1.54) is 0 Å². The maximum absolute atomic E-state index is 12.2. The van der Waals surface area contributed by atoms with Crippen LogP contribution >= 0.6 is 0 Å². The van der Waals surface area contributed by atoms with Gasteiger partial charge in [-0.05, 0) is 12.0 Å². The lowest BCUT2D eigenvalue weighted by Crippen LogP contribution is -2.24. The van der Waals surface area contributed by atoms with Crippen LogP contribution in [0.25, 0.3) is 0 Å². The highest BCUT2D eigenvalue weighted by atomic mass is 32.2. The van der Waals surface area contributed by atoms with Crippen LogP contribution in [0.2, 0.25) is 0 Å². The molecule has 0 saturated heterocycles. The van der Waals surface area contributed by atoms with Gasteiger partial charge in [-0.1, -0.05) is 54.6 Å². The Labute approximate surface area is 124 Å². The summed E-state index contributed by atoms with van der Waals surface area (Å²) >= 11 is 0. The number of nitrogens with one attached hydrogen (secondary N) is 1. The summed E-state index contributed by atoms with van der Waals surface area (Å²) in [6, 6.07) is 16.3. The Hall–Kier alpha value is -1.98. The molecule has 0 unspecified atom stereocenters. The molecule has 0 heterocycles. The second kappa shape index (κ2) is 6.65. The smallest absolute Gasteiger partial charge is 0.208 e. The lowest BCUT2D eigenvalue weighted by atomic mass is 10.0. The van der Waals surface area contributed by atoms with Gasteiger partial charge >= 0.3 is 0 Å². The van der Waals surface area contributed by atoms with E-state index < -0.39 is 10.0 Å². The number of hydrogen-bond acceptors (Lipinski definition) is 3. The summed E-state index contributed by atoms with van der Waals surface area (Å²) < 4.78 is 24.4. The minimum atomic E-state index is -3.16. The molecule has 0 radical (unpaired) electrons. The minimum Gasteiger partial charge on any atom is -0.289 e. The van der Waals surface area contributed by atoms with Crippen molar-refractivity contribution in [1.82, 2.24) is 4.72 Å². The molecule has 4 nitrogen and oxygen atoms in total. The van der Waals surface area contributed by atoms with Gasteiger partial charge in [-0.3, -0.25) is 4.79 Å². The van der Waals surface area contributed by atoms with E-state index in [-0.39, 0.29) is 5.78 Å². The topological polar surface area (TPSA) is 63.2 Å². The molecule has 0 aromatic heterocycles. The van der Waals surface area contributed by atoms with Crippen LogP contribution in [0.15, 0.2) is 54.6 Å². The first-order chi connectivity index (χ1) is 9.96. The van der Waals surface area contributed by atoms with Crippen LogP contribution in [0.4, 0.5) is 0 Å². The zero-order valence-corrected chi connectivity index (χ0v) is 12.6. The average molecular weight is 303 g/mol. The van der Waals surface area contributed by atoms with Crippen LogP contribution in [0.3, 0.4) is 0 Å². The largest absolute Gasteiger partial charge is 0.289 e. The van der Waals surface area contributed by atoms with Gasteiger partial charge in [-0.2, -0.15) is 0 Å². The van der Waals surface area contributed by atoms with E-state index >= 15 is 0 Å². The van der Waals surface area contributed by atoms with Gasteiger partial charge in [0, 0.05) is 17.7 Å². The monoisotopic (exact) mass is 303 g/mol. The maximum Gasteiger partial charge on any atom is 0.208 e. The van der Waals surface area contributed by atoms with Crippen molar-refractivity contribution in [3.63, 3.8) is 0 Å². The molecule has 2 rings (SSSR count). The molecule has 2 aromatic rings. The first-order valence-electron chi connectivity index (χ1n) is 6.59. The van der Waals surface area contributed by atoms with Crippen molar-refractivity contribution in [2.45, 2.75) is 6.42 Å². The first kappa shape index (κ1) is 15.4. The molecule has 2 aromatic carbocycles. The molecule has 5 heteroatoms. The predicted octanol–water partition coefficient (Wildman–Crippen LogP) is 2.01. The van der Waals surface area contributed by atoms with Gasteiger partial charge in [0.15, 0.2) is 5.78 Å². The van der Waals surface area contributed by atoms with Crippen molar-refractivity contribution in [3.05, 3.63) is 71.3 Å². The van der Waals surface area contributed by atoms with Gasteiger partial charge in [-0.15, -0.1) is 0 Å². The highest BCUT2D eigenvalue weighted by Crippen LogP contribution is 2.11. The molecule has 0 amide bonds. The van der Waals surface area contributed by atoms with Crippen molar-refractivity contribution in [2.75, 3.05) is 12.8 Å². The zero-order chi connectivity index (χ0) is 15.3. The van der Waals surface area contributed by atoms with Gasteiger partial charge in [0.2, 0.25) is 10.0 Å². The van der Waals surface area contributed by atoms with E-state index in [1.807, 2.05) is 30.3 Å². The van der Waals surface area contributed by atoms with Crippen molar-refractivity contribution < 1.29 is 13.2 Å². The second-order valence-electron chi connectivity index (χ2n) is 4.81. The second-order valence-corrected chi connectivity index (χ2v) is 6.64. The maximum atomic E-state index is 12.2. The highest BCUT2D eigenvalue weighted by molar-refractivity contribution is 7.88. The lowest BCUT2D eigenvalue weighted by Gasteiger charge is -2.05. The van der Waals surface area contributed by atoms with Crippen LogP contribution in [-0.4, -0.2) is 27.0 Å². The number of hydrogen-bond donors (Lipinski definition) is 1. The number of carbonyl (C=O) groups excluding carboxylic acids is 1. The van der Waals surface area contributed by atoms with E-state index in [4.69, 9.17) is 0 Å². The molecule has 21 heavy (non-hydrogen) atoms. The summed E-state index contributed by atoms with van der Waals surface area (Å²) in [5, 5.41) is 0. The van der Waals surface area contributed by atoms with E-state index in [2.05, 4.69) is 4.72 Å². The number of benzene rings is 2. The Morgan fingerprint density at radius 3 is 2.10 bits per heavy atom. The van der Waals surface area contributed by atoms with Crippen molar-refractivity contribution in [2.24, 2.45) is 0 Å². The summed E-state index contributed by atoms with van der Waals surface area (Å²) in [7, 11) is -3.16. The van der Waals surface area contributed by atoms with E-state index in [0.29, 0.717) is 24.1 Å². The van der Waals surface area contributed by atoms with Crippen LogP contribution in [0, 0.1) is 0 Å². The van der Waals surface area contributed by atoms with Gasteiger partial charge in [0.25, 0.3) is 0 Å². The van der Waals surface area contributed by atoms with Crippen LogP contribution in [-0.2, 0) is 16.4 Å². The Morgan fingerprint density at radius 2 is 1.52 bits per heavy atom.